The molecule has 0 saturated heterocycles. The average Bonchev–Trinajstić information content (AvgIpc) is 3.69. The number of amides is 1. The lowest BCUT2D eigenvalue weighted by molar-refractivity contribution is 0.103. The molecule has 0 radical (unpaired) electrons. The molecule has 3 N–H and O–H groups in total. The average molecular weight is 559 g/mol. The highest BCUT2D eigenvalue weighted by Gasteiger charge is 2.19. The number of nitrogens with zero attached hydrogens (tertiary/aromatic N) is 2. The predicted molar refractivity (Wildman–Crippen MR) is 149 cm³/mol. The Morgan fingerprint density at radius 1 is 1.00 bits per heavy atom. The van der Waals surface area contributed by atoms with Crippen LogP contribution < -0.4 is 10.5 Å². The minimum absolute atomic E-state index is 0.000318. The van der Waals surface area contributed by atoms with Gasteiger partial charge in [-0.25, -0.2) is 18.5 Å². The first-order valence-electron chi connectivity index (χ1n) is 11.1. The number of carbonyl (C=O) groups is 1. The van der Waals surface area contributed by atoms with E-state index in [4.69, 9.17) is 9.56 Å². The number of thiophene rings is 1. The van der Waals surface area contributed by atoms with Gasteiger partial charge in [-0.3, -0.25) is 4.79 Å². The van der Waals surface area contributed by atoms with Gasteiger partial charge in [0.05, 0.1) is 15.3 Å². The number of nitrogens with two attached hydrogens (primary N) is 1. The smallest absolute Gasteiger partial charge is 0.266 e. The second-order valence-electron chi connectivity index (χ2n) is 7.94. The molecule has 3 heterocycles. The Morgan fingerprint density at radius 2 is 1.76 bits per heavy atom. The lowest BCUT2D eigenvalue weighted by atomic mass is 10.1. The maximum Gasteiger partial charge on any atom is 0.266 e. The van der Waals surface area contributed by atoms with E-state index in [-0.39, 0.29) is 16.4 Å². The largest absolute Gasteiger partial charge is 0.457 e. The molecule has 0 aliphatic carbocycles. The Kier molecular flexibility index (Phi) is 7.04. The first-order chi connectivity index (χ1) is 18.3. The van der Waals surface area contributed by atoms with Gasteiger partial charge in [0.2, 0.25) is 10.0 Å². The van der Waals surface area contributed by atoms with Crippen LogP contribution in [0.5, 0.6) is 0 Å². The van der Waals surface area contributed by atoms with Gasteiger partial charge in [-0.05, 0) is 47.8 Å². The van der Waals surface area contributed by atoms with Gasteiger partial charge in [-0.15, -0.1) is 11.3 Å². The van der Waals surface area contributed by atoms with Crippen molar-refractivity contribution in [1.29, 1.82) is 5.26 Å². The molecule has 1 amide bonds. The van der Waals surface area contributed by atoms with Crippen molar-refractivity contribution in [2.75, 3.05) is 5.32 Å². The first-order valence-corrected chi connectivity index (χ1v) is 14.3. The molecule has 2 aromatic carbocycles. The molecule has 0 aliphatic heterocycles. The standard InChI is InChI=1S/C27H18N4O4S3/c28-16-19(15-20-10-13-22(35-20)17-8-11-21(12-9-17)38(29,33)34)26-30-24(18-5-2-1-3-6-18)27(37-26)31-25(32)23-7-4-14-36-23/h1-15H,(H,31,32)(H2,29,33,34). The fourth-order valence-corrected chi connectivity index (χ4v) is 5.65. The number of rotatable bonds is 7. The van der Waals surface area contributed by atoms with E-state index >= 15 is 0 Å². The fraction of sp³-hybridized carbons (Fsp3) is 0. The summed E-state index contributed by atoms with van der Waals surface area (Å²) in [6, 6.07) is 24.5. The number of allylic oxidation sites excluding steroid dienone is 1. The van der Waals surface area contributed by atoms with Crippen molar-refractivity contribution in [3.8, 4) is 28.7 Å². The number of sulfonamides is 1. The van der Waals surface area contributed by atoms with Gasteiger partial charge in [0.25, 0.3) is 5.91 Å². The quantitative estimate of drug-likeness (QED) is 0.232. The molecule has 11 heteroatoms. The number of thiazole rings is 1. The molecule has 0 aliphatic rings. The van der Waals surface area contributed by atoms with Crippen LogP contribution in [-0.4, -0.2) is 19.3 Å². The second-order valence-corrected chi connectivity index (χ2v) is 11.4. The van der Waals surface area contributed by atoms with Crippen LogP contribution in [0.15, 0.2) is 93.6 Å². The summed E-state index contributed by atoms with van der Waals surface area (Å²) >= 11 is 2.53. The molecule has 0 spiro atoms. The van der Waals surface area contributed by atoms with Crippen molar-refractivity contribution in [3.05, 3.63) is 99.9 Å². The van der Waals surface area contributed by atoms with E-state index in [9.17, 15) is 18.5 Å². The van der Waals surface area contributed by atoms with Crippen LogP contribution in [0, 0.1) is 11.3 Å². The summed E-state index contributed by atoms with van der Waals surface area (Å²) in [4.78, 5) is 18.0. The zero-order chi connectivity index (χ0) is 26.7. The molecule has 0 atom stereocenters. The predicted octanol–water partition coefficient (Wildman–Crippen LogP) is 6.10. The summed E-state index contributed by atoms with van der Waals surface area (Å²) in [5, 5.41) is 20.8. The maximum atomic E-state index is 12.8. The van der Waals surface area contributed by atoms with E-state index in [1.165, 1.54) is 34.8 Å². The zero-order valence-corrected chi connectivity index (χ0v) is 21.9. The van der Waals surface area contributed by atoms with Gasteiger partial charge >= 0.3 is 0 Å². The third kappa shape index (κ3) is 5.49. The SMILES string of the molecule is N#CC(=Cc1ccc(-c2ccc(S(N)(=O)=O)cc2)o1)c1nc(-c2ccccc2)c(NC(=O)c2cccs2)s1. The summed E-state index contributed by atoms with van der Waals surface area (Å²) in [5.41, 5.74) is 2.27. The van der Waals surface area contributed by atoms with Gasteiger partial charge in [0.15, 0.2) is 0 Å². The normalized spacial score (nSPS) is 11.7. The molecule has 5 rings (SSSR count). The fourth-order valence-electron chi connectivity index (χ4n) is 3.56. The molecular weight excluding hydrogens is 541 g/mol. The van der Waals surface area contributed by atoms with Gasteiger partial charge < -0.3 is 9.73 Å². The highest BCUT2D eigenvalue weighted by Crippen LogP contribution is 2.37. The van der Waals surface area contributed by atoms with E-state index < -0.39 is 10.0 Å². The summed E-state index contributed by atoms with van der Waals surface area (Å²) in [5.74, 6) is 0.647. The van der Waals surface area contributed by atoms with E-state index in [0.29, 0.717) is 37.7 Å². The number of nitriles is 1. The summed E-state index contributed by atoms with van der Waals surface area (Å²) < 4.78 is 28.9. The highest BCUT2D eigenvalue weighted by molar-refractivity contribution is 7.89. The third-order valence-corrected chi connectivity index (χ3v) is 8.18. The van der Waals surface area contributed by atoms with Gasteiger partial charge in [-0.1, -0.05) is 47.7 Å². The molecular formula is C27H18N4O4S3. The summed E-state index contributed by atoms with van der Waals surface area (Å²) in [6.45, 7) is 0. The van der Waals surface area contributed by atoms with Crippen LogP contribution in [0.3, 0.4) is 0 Å². The lowest BCUT2D eigenvalue weighted by Crippen LogP contribution is -2.11. The monoisotopic (exact) mass is 558 g/mol. The number of primary sulfonamides is 1. The summed E-state index contributed by atoms with van der Waals surface area (Å²) in [6.07, 6.45) is 1.57. The van der Waals surface area contributed by atoms with Crippen LogP contribution in [0.4, 0.5) is 5.00 Å². The molecule has 5 aromatic rings. The van der Waals surface area contributed by atoms with Gasteiger partial charge in [-0.2, -0.15) is 5.26 Å². The van der Waals surface area contributed by atoms with Crippen LogP contribution >= 0.6 is 22.7 Å². The van der Waals surface area contributed by atoms with Crippen molar-refractivity contribution in [3.63, 3.8) is 0 Å². The van der Waals surface area contributed by atoms with Crippen LogP contribution in [-0.2, 0) is 10.0 Å². The van der Waals surface area contributed by atoms with Crippen molar-refractivity contribution in [2.24, 2.45) is 5.14 Å². The minimum Gasteiger partial charge on any atom is -0.457 e. The number of hydrogen-bond donors (Lipinski definition) is 2. The molecule has 0 saturated carbocycles. The number of furan rings is 1. The Bertz CT molecular complexity index is 1780. The molecule has 188 valence electrons. The minimum atomic E-state index is -3.80. The van der Waals surface area contributed by atoms with E-state index in [2.05, 4.69) is 16.4 Å². The van der Waals surface area contributed by atoms with Crippen molar-refractivity contribution in [2.45, 2.75) is 4.90 Å². The number of carbonyl (C=O) groups excluding carboxylic acids is 1. The Labute approximate surface area is 226 Å². The number of benzene rings is 2. The number of anilines is 1. The van der Waals surface area contributed by atoms with Crippen molar-refractivity contribution >= 4 is 55.3 Å². The Morgan fingerprint density at radius 3 is 2.42 bits per heavy atom. The maximum absolute atomic E-state index is 12.8. The number of aromatic nitrogens is 1. The Hall–Kier alpha value is -4.34. The zero-order valence-electron chi connectivity index (χ0n) is 19.5. The second kappa shape index (κ2) is 10.6. The Balaban J connectivity index is 1.47. The van der Waals surface area contributed by atoms with Crippen LogP contribution in [0.1, 0.15) is 20.4 Å². The highest BCUT2D eigenvalue weighted by atomic mass is 32.2. The molecule has 0 bridgehead atoms. The van der Waals surface area contributed by atoms with E-state index in [0.717, 1.165) is 5.56 Å². The van der Waals surface area contributed by atoms with Crippen molar-refractivity contribution in [1.82, 2.24) is 4.98 Å². The number of nitrogens with one attached hydrogen (secondary N) is 1. The van der Waals surface area contributed by atoms with E-state index in [1.54, 1.807) is 42.5 Å². The van der Waals surface area contributed by atoms with Gasteiger partial charge in [0, 0.05) is 17.2 Å². The lowest BCUT2D eigenvalue weighted by Gasteiger charge is -2.03. The van der Waals surface area contributed by atoms with E-state index in [1.807, 2.05) is 35.7 Å². The third-order valence-electron chi connectivity index (χ3n) is 5.38. The molecule has 8 nitrogen and oxygen atoms in total. The van der Waals surface area contributed by atoms with Gasteiger partial charge in [0.1, 0.15) is 33.3 Å². The molecule has 0 fully saturated rings. The van der Waals surface area contributed by atoms with Crippen LogP contribution in [0.25, 0.3) is 34.2 Å². The first kappa shape index (κ1) is 25.3. The topological polar surface area (TPSA) is 139 Å². The van der Waals surface area contributed by atoms with Crippen LogP contribution in [0.2, 0.25) is 0 Å². The molecule has 38 heavy (non-hydrogen) atoms. The molecule has 0 unspecified atom stereocenters. The number of hydrogen-bond acceptors (Lipinski definition) is 8. The van der Waals surface area contributed by atoms with Crippen molar-refractivity contribution < 1.29 is 17.6 Å². The summed E-state index contributed by atoms with van der Waals surface area (Å²) in [7, 11) is -3.80. The molecule has 3 aromatic heterocycles.